The number of ether oxygens (including phenoxy) is 1. The maximum Gasteiger partial charge on any atom is 0.252 e. The number of furan rings is 1. The SMILES string of the molecule is COc1ccc(CCCNC(=O)/C(=C/c2ccco2)c2ccccc2)cc1. The Balaban J connectivity index is 1.59. The van der Waals surface area contributed by atoms with Crippen molar-refractivity contribution >= 4 is 17.6 Å². The lowest BCUT2D eigenvalue weighted by molar-refractivity contribution is -0.115. The summed E-state index contributed by atoms with van der Waals surface area (Å²) in [6.07, 6.45) is 5.13. The highest BCUT2D eigenvalue weighted by molar-refractivity contribution is 6.24. The fraction of sp³-hybridized carbons (Fsp3) is 0.174. The van der Waals surface area contributed by atoms with Crippen molar-refractivity contribution in [3.05, 3.63) is 89.9 Å². The normalized spacial score (nSPS) is 11.2. The van der Waals surface area contributed by atoms with Gasteiger partial charge in [0.15, 0.2) is 0 Å². The summed E-state index contributed by atoms with van der Waals surface area (Å²) in [4.78, 5) is 12.7. The minimum Gasteiger partial charge on any atom is -0.497 e. The molecule has 0 fully saturated rings. The predicted octanol–water partition coefficient (Wildman–Crippen LogP) is 4.58. The fourth-order valence-corrected chi connectivity index (χ4v) is 2.80. The molecule has 1 heterocycles. The largest absolute Gasteiger partial charge is 0.497 e. The van der Waals surface area contributed by atoms with E-state index in [9.17, 15) is 4.79 Å². The van der Waals surface area contributed by atoms with Crippen molar-refractivity contribution in [3.8, 4) is 5.75 Å². The van der Waals surface area contributed by atoms with E-state index in [1.54, 1.807) is 25.5 Å². The zero-order chi connectivity index (χ0) is 18.9. The zero-order valence-corrected chi connectivity index (χ0v) is 15.4. The van der Waals surface area contributed by atoms with Crippen LogP contribution in [-0.2, 0) is 11.2 Å². The first-order chi connectivity index (χ1) is 13.3. The second-order valence-electron chi connectivity index (χ2n) is 6.15. The van der Waals surface area contributed by atoms with Crippen LogP contribution in [0.4, 0.5) is 0 Å². The number of rotatable bonds is 8. The summed E-state index contributed by atoms with van der Waals surface area (Å²) in [7, 11) is 1.66. The van der Waals surface area contributed by atoms with Crippen LogP contribution in [0.5, 0.6) is 5.75 Å². The van der Waals surface area contributed by atoms with E-state index in [-0.39, 0.29) is 5.91 Å². The van der Waals surface area contributed by atoms with Crippen molar-refractivity contribution in [1.29, 1.82) is 0 Å². The van der Waals surface area contributed by atoms with E-state index in [1.807, 2.05) is 60.7 Å². The van der Waals surface area contributed by atoms with Crippen LogP contribution in [0.2, 0.25) is 0 Å². The molecule has 0 radical (unpaired) electrons. The van der Waals surface area contributed by atoms with E-state index in [1.165, 1.54) is 5.56 Å². The van der Waals surface area contributed by atoms with Gasteiger partial charge in [-0.25, -0.2) is 0 Å². The molecule has 27 heavy (non-hydrogen) atoms. The molecule has 1 N–H and O–H groups in total. The lowest BCUT2D eigenvalue weighted by Gasteiger charge is -2.09. The summed E-state index contributed by atoms with van der Waals surface area (Å²) >= 11 is 0. The number of amides is 1. The van der Waals surface area contributed by atoms with Gasteiger partial charge < -0.3 is 14.5 Å². The van der Waals surface area contributed by atoms with Crippen molar-refractivity contribution in [1.82, 2.24) is 5.32 Å². The summed E-state index contributed by atoms with van der Waals surface area (Å²) in [5, 5.41) is 3.01. The highest BCUT2D eigenvalue weighted by atomic mass is 16.5. The first kappa shape index (κ1) is 18.5. The molecule has 1 aromatic heterocycles. The monoisotopic (exact) mass is 361 g/mol. The Kier molecular flexibility index (Phi) is 6.47. The molecule has 0 aliphatic rings. The van der Waals surface area contributed by atoms with Crippen molar-refractivity contribution in [2.24, 2.45) is 0 Å². The summed E-state index contributed by atoms with van der Waals surface area (Å²) in [6, 6.07) is 21.3. The van der Waals surface area contributed by atoms with Crippen molar-refractivity contribution in [2.45, 2.75) is 12.8 Å². The van der Waals surface area contributed by atoms with Crippen LogP contribution in [0.15, 0.2) is 77.4 Å². The van der Waals surface area contributed by atoms with Gasteiger partial charge in [-0.05, 0) is 54.3 Å². The number of carbonyl (C=O) groups excluding carboxylic acids is 1. The van der Waals surface area contributed by atoms with E-state index in [0.717, 1.165) is 24.2 Å². The van der Waals surface area contributed by atoms with Gasteiger partial charge in [-0.3, -0.25) is 4.79 Å². The van der Waals surface area contributed by atoms with E-state index in [2.05, 4.69) is 5.32 Å². The number of hydrogen-bond donors (Lipinski definition) is 1. The second-order valence-corrected chi connectivity index (χ2v) is 6.15. The molecule has 0 aliphatic heterocycles. The fourth-order valence-electron chi connectivity index (χ4n) is 2.80. The van der Waals surface area contributed by atoms with Gasteiger partial charge >= 0.3 is 0 Å². The van der Waals surface area contributed by atoms with E-state index in [4.69, 9.17) is 9.15 Å². The van der Waals surface area contributed by atoms with Crippen LogP contribution in [-0.4, -0.2) is 19.6 Å². The molecule has 0 saturated heterocycles. The van der Waals surface area contributed by atoms with Crippen LogP contribution in [0, 0.1) is 0 Å². The molecule has 0 unspecified atom stereocenters. The number of benzene rings is 2. The first-order valence-corrected chi connectivity index (χ1v) is 8.98. The van der Waals surface area contributed by atoms with Gasteiger partial charge in [0, 0.05) is 6.54 Å². The van der Waals surface area contributed by atoms with Gasteiger partial charge in [0.1, 0.15) is 11.5 Å². The van der Waals surface area contributed by atoms with Crippen molar-refractivity contribution in [2.75, 3.05) is 13.7 Å². The lowest BCUT2D eigenvalue weighted by Crippen LogP contribution is -2.25. The molecule has 0 spiro atoms. The summed E-state index contributed by atoms with van der Waals surface area (Å²) in [6.45, 7) is 0.604. The minimum absolute atomic E-state index is 0.104. The molecule has 138 valence electrons. The molecular formula is C23H23NO3. The molecule has 0 atom stereocenters. The minimum atomic E-state index is -0.104. The van der Waals surface area contributed by atoms with Gasteiger partial charge in [-0.15, -0.1) is 0 Å². The second kappa shape index (κ2) is 9.43. The Morgan fingerprint density at radius 1 is 1.04 bits per heavy atom. The average Bonchev–Trinajstić information content (AvgIpc) is 3.23. The van der Waals surface area contributed by atoms with Crippen LogP contribution >= 0.6 is 0 Å². The predicted molar refractivity (Wildman–Crippen MR) is 107 cm³/mol. The quantitative estimate of drug-likeness (QED) is 0.472. The summed E-state index contributed by atoms with van der Waals surface area (Å²) in [5.41, 5.74) is 2.68. The third-order valence-corrected chi connectivity index (χ3v) is 4.25. The Labute approximate surface area is 159 Å². The molecule has 2 aromatic carbocycles. The summed E-state index contributed by atoms with van der Waals surface area (Å²) in [5.74, 6) is 1.40. The number of carbonyl (C=O) groups is 1. The van der Waals surface area contributed by atoms with E-state index >= 15 is 0 Å². The molecule has 3 aromatic rings. The number of nitrogens with one attached hydrogen (secondary N) is 1. The standard InChI is InChI=1S/C23H23NO3/c1-26-20-13-11-18(12-14-20)7-5-15-24-23(25)22(17-21-10-6-16-27-21)19-8-3-2-4-9-19/h2-4,6,8-14,16-17H,5,7,15H2,1H3,(H,24,25)/b22-17+. The molecule has 4 heteroatoms. The molecule has 4 nitrogen and oxygen atoms in total. The van der Waals surface area contributed by atoms with E-state index < -0.39 is 0 Å². The van der Waals surface area contributed by atoms with Gasteiger partial charge in [0.2, 0.25) is 0 Å². The number of hydrogen-bond acceptors (Lipinski definition) is 3. The van der Waals surface area contributed by atoms with Crippen LogP contribution in [0.1, 0.15) is 23.3 Å². The highest BCUT2D eigenvalue weighted by Crippen LogP contribution is 2.19. The van der Waals surface area contributed by atoms with Gasteiger partial charge in [0.05, 0.1) is 18.9 Å². The highest BCUT2D eigenvalue weighted by Gasteiger charge is 2.12. The van der Waals surface area contributed by atoms with Crippen LogP contribution in [0.3, 0.4) is 0 Å². The summed E-state index contributed by atoms with van der Waals surface area (Å²) < 4.78 is 10.5. The van der Waals surface area contributed by atoms with Gasteiger partial charge in [-0.2, -0.15) is 0 Å². The van der Waals surface area contributed by atoms with E-state index in [0.29, 0.717) is 17.9 Å². The number of methoxy groups -OCH3 is 1. The van der Waals surface area contributed by atoms with Crippen molar-refractivity contribution in [3.63, 3.8) is 0 Å². The molecule has 0 aliphatic carbocycles. The number of aryl methyl sites for hydroxylation is 1. The molecular weight excluding hydrogens is 338 g/mol. The van der Waals surface area contributed by atoms with Crippen LogP contribution < -0.4 is 10.1 Å². The third-order valence-electron chi connectivity index (χ3n) is 4.25. The zero-order valence-electron chi connectivity index (χ0n) is 15.4. The van der Waals surface area contributed by atoms with Gasteiger partial charge in [-0.1, -0.05) is 42.5 Å². The molecule has 0 bridgehead atoms. The Morgan fingerprint density at radius 2 is 1.81 bits per heavy atom. The molecule has 1 amide bonds. The topological polar surface area (TPSA) is 51.5 Å². The molecule has 0 saturated carbocycles. The Morgan fingerprint density at radius 3 is 2.48 bits per heavy atom. The Bertz CT molecular complexity index is 866. The Hall–Kier alpha value is -3.27. The smallest absolute Gasteiger partial charge is 0.252 e. The lowest BCUT2D eigenvalue weighted by atomic mass is 10.0. The van der Waals surface area contributed by atoms with Crippen LogP contribution in [0.25, 0.3) is 11.6 Å². The average molecular weight is 361 g/mol. The van der Waals surface area contributed by atoms with Crippen molar-refractivity contribution < 1.29 is 13.9 Å². The molecule has 3 rings (SSSR count). The first-order valence-electron chi connectivity index (χ1n) is 8.98. The maximum atomic E-state index is 12.7. The third kappa shape index (κ3) is 5.35. The van der Waals surface area contributed by atoms with Gasteiger partial charge in [0.25, 0.3) is 5.91 Å². The maximum absolute atomic E-state index is 12.7.